The van der Waals surface area contributed by atoms with Crippen molar-refractivity contribution in [2.45, 2.75) is 102 Å². The summed E-state index contributed by atoms with van der Waals surface area (Å²) < 4.78 is 17.0. The van der Waals surface area contributed by atoms with Crippen molar-refractivity contribution in [2.24, 2.45) is 11.3 Å². The number of aliphatic hydroxyl groups excluding tert-OH is 1. The monoisotopic (exact) mass is 488 g/mol. The van der Waals surface area contributed by atoms with Crippen LogP contribution in [0.25, 0.3) is 0 Å². The summed E-state index contributed by atoms with van der Waals surface area (Å²) in [4.78, 5) is 17.0. The third-order valence-corrected chi connectivity index (χ3v) is 7.81. The van der Waals surface area contributed by atoms with Crippen LogP contribution in [0.4, 0.5) is 0 Å². The number of ether oxygens (including phenoxy) is 3. The number of hydrogen-bond donors (Lipinski definition) is 2. The molecular weight excluding hydrogens is 444 g/mol. The third kappa shape index (κ3) is 6.95. The first kappa shape index (κ1) is 26.4. The lowest BCUT2D eigenvalue weighted by Crippen LogP contribution is -2.48. The Bertz CT molecular complexity index is 857. The molecule has 1 saturated carbocycles. The largest absolute Gasteiger partial charge is 0.471 e. The van der Waals surface area contributed by atoms with Gasteiger partial charge < -0.3 is 24.6 Å². The van der Waals surface area contributed by atoms with E-state index in [0.717, 1.165) is 57.4 Å². The molecule has 196 valence electrons. The average molecular weight is 489 g/mol. The molecule has 1 saturated heterocycles. The SMILES string of the molecule is COCC(=O)N[C@@H](CC1CCOC1)[C@H](O)CCC1CC2(CCC2)Oc2ncc(CC(C)(C)C)cc21. The van der Waals surface area contributed by atoms with Crippen molar-refractivity contribution in [1.82, 2.24) is 10.3 Å². The minimum atomic E-state index is -0.620. The van der Waals surface area contributed by atoms with Crippen LogP contribution in [0.3, 0.4) is 0 Å². The van der Waals surface area contributed by atoms with Crippen molar-refractivity contribution in [3.05, 3.63) is 23.4 Å². The fraction of sp³-hybridized carbons (Fsp3) is 0.786. The molecule has 1 spiro atoms. The number of methoxy groups -OCH3 is 1. The van der Waals surface area contributed by atoms with Gasteiger partial charge in [0.15, 0.2) is 0 Å². The van der Waals surface area contributed by atoms with Gasteiger partial charge in [0.05, 0.1) is 12.1 Å². The quantitative estimate of drug-likeness (QED) is 0.514. The Labute approximate surface area is 210 Å². The minimum absolute atomic E-state index is 0.00245. The van der Waals surface area contributed by atoms with Crippen LogP contribution < -0.4 is 10.1 Å². The first-order valence-corrected chi connectivity index (χ1v) is 13.4. The van der Waals surface area contributed by atoms with Crippen molar-refractivity contribution in [3.8, 4) is 5.88 Å². The molecule has 7 nitrogen and oxygen atoms in total. The number of aliphatic hydroxyl groups is 1. The van der Waals surface area contributed by atoms with E-state index in [2.05, 4.69) is 32.2 Å². The van der Waals surface area contributed by atoms with Crippen molar-refractivity contribution in [2.75, 3.05) is 26.9 Å². The Kier molecular flexibility index (Phi) is 8.39. The summed E-state index contributed by atoms with van der Waals surface area (Å²) >= 11 is 0. The Hall–Kier alpha value is -1.70. The Morgan fingerprint density at radius 3 is 2.80 bits per heavy atom. The Morgan fingerprint density at radius 2 is 2.17 bits per heavy atom. The van der Waals surface area contributed by atoms with Gasteiger partial charge in [0, 0.05) is 32.1 Å². The number of carbonyl (C=O) groups is 1. The molecular formula is C28H44N2O5. The number of nitrogens with zero attached hydrogens (tertiary/aromatic N) is 1. The molecule has 1 aromatic heterocycles. The minimum Gasteiger partial charge on any atom is -0.471 e. The lowest BCUT2D eigenvalue weighted by molar-refractivity contribution is -0.126. The molecule has 0 radical (unpaired) electrons. The van der Waals surface area contributed by atoms with E-state index in [9.17, 15) is 9.90 Å². The lowest BCUT2D eigenvalue weighted by atomic mass is 9.70. The van der Waals surface area contributed by atoms with Crippen LogP contribution in [-0.4, -0.2) is 60.7 Å². The summed E-state index contributed by atoms with van der Waals surface area (Å²) in [5.74, 6) is 1.26. The molecule has 4 rings (SSSR count). The lowest BCUT2D eigenvalue weighted by Gasteiger charge is -2.47. The average Bonchev–Trinajstić information content (AvgIpc) is 3.28. The summed E-state index contributed by atoms with van der Waals surface area (Å²) in [6.07, 6.45) is 9.81. The molecule has 4 atom stereocenters. The predicted molar refractivity (Wildman–Crippen MR) is 135 cm³/mol. The van der Waals surface area contributed by atoms with Crippen LogP contribution in [0, 0.1) is 11.3 Å². The van der Waals surface area contributed by atoms with E-state index in [1.54, 1.807) is 0 Å². The molecule has 1 amide bonds. The number of aromatic nitrogens is 1. The summed E-state index contributed by atoms with van der Waals surface area (Å²) in [6.45, 7) is 8.18. The molecule has 0 aromatic carbocycles. The molecule has 0 bridgehead atoms. The smallest absolute Gasteiger partial charge is 0.246 e. The van der Waals surface area contributed by atoms with Gasteiger partial charge in [-0.3, -0.25) is 4.79 Å². The van der Waals surface area contributed by atoms with Crippen LogP contribution >= 0.6 is 0 Å². The number of fused-ring (bicyclic) bond motifs is 1. The first-order chi connectivity index (χ1) is 16.7. The van der Waals surface area contributed by atoms with Gasteiger partial charge in [0.1, 0.15) is 12.2 Å². The van der Waals surface area contributed by atoms with E-state index >= 15 is 0 Å². The van der Waals surface area contributed by atoms with Crippen LogP contribution in [-0.2, 0) is 20.7 Å². The van der Waals surface area contributed by atoms with E-state index in [1.807, 2.05) is 6.20 Å². The first-order valence-electron chi connectivity index (χ1n) is 13.4. The number of nitrogens with one attached hydrogen (secondary N) is 1. The molecule has 1 aromatic rings. The van der Waals surface area contributed by atoms with E-state index in [4.69, 9.17) is 19.2 Å². The van der Waals surface area contributed by atoms with E-state index in [-0.39, 0.29) is 29.6 Å². The highest BCUT2D eigenvalue weighted by Gasteiger charge is 2.46. The highest BCUT2D eigenvalue weighted by molar-refractivity contribution is 5.77. The second-order valence-corrected chi connectivity index (χ2v) is 12.2. The zero-order chi connectivity index (χ0) is 25.1. The molecule has 2 aliphatic heterocycles. The van der Waals surface area contributed by atoms with E-state index in [1.165, 1.54) is 24.7 Å². The van der Waals surface area contributed by atoms with Crippen molar-refractivity contribution in [1.29, 1.82) is 0 Å². The molecule has 2 N–H and O–H groups in total. The van der Waals surface area contributed by atoms with E-state index in [0.29, 0.717) is 24.9 Å². The van der Waals surface area contributed by atoms with Crippen LogP contribution in [0.2, 0.25) is 0 Å². The molecule has 2 unspecified atom stereocenters. The van der Waals surface area contributed by atoms with Gasteiger partial charge in [-0.2, -0.15) is 0 Å². The standard InChI is InChI=1S/C28H44N2O5/c1-27(2,3)14-20-12-22-21(15-28(9-5-10-28)35-26(22)29-16-20)6-7-24(31)23(30-25(32)18-33-4)13-19-8-11-34-17-19/h12,16,19,21,23-24,31H,5-11,13-15,17-18H2,1-4H3,(H,30,32)/t19?,21?,23-,24+/m0/s1. The maximum Gasteiger partial charge on any atom is 0.246 e. The predicted octanol–water partition coefficient (Wildman–Crippen LogP) is 4.16. The summed E-state index contributed by atoms with van der Waals surface area (Å²) in [6, 6.07) is 1.98. The molecule has 1 aliphatic carbocycles. The van der Waals surface area contributed by atoms with Gasteiger partial charge in [0.2, 0.25) is 11.8 Å². The number of amides is 1. The third-order valence-electron chi connectivity index (χ3n) is 7.81. The van der Waals surface area contributed by atoms with Crippen molar-refractivity contribution < 1.29 is 24.1 Å². The van der Waals surface area contributed by atoms with Gasteiger partial charge in [-0.1, -0.05) is 20.8 Å². The van der Waals surface area contributed by atoms with Crippen molar-refractivity contribution >= 4 is 5.91 Å². The zero-order valence-electron chi connectivity index (χ0n) is 22.0. The van der Waals surface area contributed by atoms with Gasteiger partial charge in [-0.15, -0.1) is 0 Å². The molecule has 2 fully saturated rings. The van der Waals surface area contributed by atoms with E-state index < -0.39 is 6.10 Å². The molecule has 3 aliphatic rings. The van der Waals surface area contributed by atoms with Crippen LogP contribution in [0.1, 0.15) is 89.2 Å². The summed E-state index contributed by atoms with van der Waals surface area (Å²) in [7, 11) is 1.51. The highest BCUT2D eigenvalue weighted by Crippen LogP contribution is 2.50. The van der Waals surface area contributed by atoms with Gasteiger partial charge in [-0.05, 0) is 86.7 Å². The normalized spacial score (nSPS) is 24.8. The van der Waals surface area contributed by atoms with Gasteiger partial charge >= 0.3 is 0 Å². The maximum atomic E-state index is 12.3. The number of carbonyl (C=O) groups excluding carboxylic acids is 1. The Morgan fingerprint density at radius 1 is 1.37 bits per heavy atom. The molecule has 35 heavy (non-hydrogen) atoms. The zero-order valence-corrected chi connectivity index (χ0v) is 22.0. The molecule has 3 heterocycles. The second kappa shape index (κ2) is 11.1. The van der Waals surface area contributed by atoms with Crippen LogP contribution in [0.5, 0.6) is 5.88 Å². The maximum absolute atomic E-state index is 12.3. The topological polar surface area (TPSA) is 89.9 Å². The van der Waals surface area contributed by atoms with Gasteiger partial charge in [0.25, 0.3) is 0 Å². The number of pyridine rings is 1. The summed E-state index contributed by atoms with van der Waals surface area (Å²) in [5.41, 5.74) is 2.51. The molecule has 7 heteroatoms. The fourth-order valence-electron chi connectivity index (χ4n) is 5.94. The second-order valence-electron chi connectivity index (χ2n) is 12.2. The fourth-order valence-corrected chi connectivity index (χ4v) is 5.94. The summed E-state index contributed by atoms with van der Waals surface area (Å²) in [5, 5.41) is 14.2. The Balaban J connectivity index is 1.47. The number of rotatable bonds is 10. The van der Waals surface area contributed by atoms with Crippen LogP contribution in [0.15, 0.2) is 12.3 Å². The van der Waals surface area contributed by atoms with Crippen molar-refractivity contribution in [3.63, 3.8) is 0 Å². The highest BCUT2D eigenvalue weighted by atomic mass is 16.5. The van der Waals surface area contributed by atoms with Gasteiger partial charge in [-0.25, -0.2) is 4.98 Å². The number of hydrogen-bond acceptors (Lipinski definition) is 6.